The molecule has 2 atom stereocenters. The number of hydrogen-bond acceptors (Lipinski definition) is 1. The zero-order chi connectivity index (χ0) is 7.78. The first-order valence-electron chi connectivity index (χ1n) is 4.01. The van der Waals surface area contributed by atoms with E-state index in [9.17, 15) is 0 Å². The third kappa shape index (κ3) is 1.93. The highest BCUT2D eigenvalue weighted by atomic mass is 31.0. The minimum atomic E-state index is 0.380. The van der Waals surface area contributed by atoms with Crippen LogP contribution in [-0.4, -0.2) is 29.2 Å². The van der Waals surface area contributed by atoms with Gasteiger partial charge in [-0.25, -0.2) is 0 Å². The van der Waals surface area contributed by atoms with Crippen LogP contribution in [0, 0.1) is 0 Å². The Morgan fingerprint density at radius 2 is 2.00 bits per heavy atom. The highest BCUT2D eigenvalue weighted by Gasteiger charge is 2.27. The molecule has 1 fully saturated rings. The summed E-state index contributed by atoms with van der Waals surface area (Å²) in [6.07, 6.45) is 1.35. The summed E-state index contributed by atoms with van der Waals surface area (Å²) in [6.45, 7) is 9.40. The van der Waals surface area contributed by atoms with Crippen LogP contribution < -0.4 is 0 Å². The van der Waals surface area contributed by atoms with Crippen molar-refractivity contribution in [2.24, 2.45) is 0 Å². The van der Waals surface area contributed by atoms with E-state index in [0.717, 1.165) is 5.66 Å². The molecule has 1 nitrogen and oxygen atoms in total. The molecule has 0 spiro atoms. The molecule has 1 unspecified atom stereocenters. The van der Waals surface area contributed by atoms with Crippen LogP contribution in [0.4, 0.5) is 0 Å². The van der Waals surface area contributed by atoms with Crippen molar-refractivity contribution in [3.63, 3.8) is 0 Å². The first kappa shape index (κ1) is 8.49. The van der Waals surface area contributed by atoms with Gasteiger partial charge >= 0.3 is 0 Å². The monoisotopic (exact) mass is 159 g/mol. The molecular formula is C8H18NP. The predicted octanol–water partition coefficient (Wildman–Crippen LogP) is 1.73. The SMILES string of the molecule is CC(C)(C)N1CC[C@@H](P)C1. The van der Waals surface area contributed by atoms with Crippen LogP contribution in [0.2, 0.25) is 0 Å². The average molecular weight is 159 g/mol. The first-order valence-corrected chi connectivity index (χ1v) is 4.67. The van der Waals surface area contributed by atoms with Gasteiger partial charge < -0.3 is 0 Å². The topological polar surface area (TPSA) is 3.24 Å². The highest BCUT2D eigenvalue weighted by Crippen LogP contribution is 2.24. The summed E-state index contributed by atoms with van der Waals surface area (Å²) in [5.74, 6) is 0. The predicted molar refractivity (Wildman–Crippen MR) is 49.4 cm³/mol. The Labute approximate surface area is 66.4 Å². The molecule has 1 aliphatic rings. The van der Waals surface area contributed by atoms with Crippen molar-refractivity contribution in [3.05, 3.63) is 0 Å². The summed E-state index contributed by atoms with van der Waals surface area (Å²) in [5, 5.41) is 0. The van der Waals surface area contributed by atoms with Gasteiger partial charge in [-0.15, -0.1) is 9.24 Å². The molecule has 2 heteroatoms. The van der Waals surface area contributed by atoms with E-state index in [1.165, 1.54) is 19.5 Å². The summed E-state index contributed by atoms with van der Waals surface area (Å²) in [5.41, 5.74) is 1.21. The number of nitrogens with zero attached hydrogens (tertiary/aromatic N) is 1. The fraction of sp³-hybridized carbons (Fsp3) is 1.00. The van der Waals surface area contributed by atoms with Crippen LogP contribution in [0.15, 0.2) is 0 Å². The lowest BCUT2D eigenvalue weighted by molar-refractivity contribution is 0.176. The average Bonchev–Trinajstić information content (AvgIpc) is 2.11. The van der Waals surface area contributed by atoms with Gasteiger partial charge in [-0.1, -0.05) is 0 Å². The molecule has 1 rings (SSSR count). The first-order chi connectivity index (χ1) is 4.50. The summed E-state index contributed by atoms with van der Waals surface area (Å²) in [4.78, 5) is 2.55. The van der Waals surface area contributed by atoms with E-state index in [4.69, 9.17) is 0 Å². The fourth-order valence-electron chi connectivity index (χ4n) is 1.40. The van der Waals surface area contributed by atoms with Crippen LogP contribution >= 0.6 is 9.24 Å². The lowest BCUT2D eigenvalue weighted by atomic mass is 10.1. The summed E-state index contributed by atoms with van der Waals surface area (Å²) in [7, 11) is 2.91. The molecule has 10 heavy (non-hydrogen) atoms. The van der Waals surface area contributed by atoms with Crippen molar-refractivity contribution in [1.29, 1.82) is 0 Å². The lowest BCUT2D eigenvalue weighted by Gasteiger charge is -2.31. The second kappa shape index (κ2) is 2.79. The molecule has 0 radical (unpaired) electrons. The lowest BCUT2D eigenvalue weighted by Crippen LogP contribution is -2.39. The minimum absolute atomic E-state index is 0.380. The zero-order valence-corrected chi connectivity index (χ0v) is 8.38. The molecular weight excluding hydrogens is 141 g/mol. The number of rotatable bonds is 0. The second-order valence-electron chi connectivity index (χ2n) is 4.17. The van der Waals surface area contributed by atoms with Crippen LogP contribution in [0.25, 0.3) is 0 Å². The summed E-state index contributed by atoms with van der Waals surface area (Å²) in [6, 6.07) is 0. The van der Waals surface area contributed by atoms with E-state index in [2.05, 4.69) is 34.9 Å². The Morgan fingerprint density at radius 3 is 2.20 bits per heavy atom. The van der Waals surface area contributed by atoms with E-state index in [1.54, 1.807) is 0 Å². The van der Waals surface area contributed by atoms with Crippen molar-refractivity contribution in [3.8, 4) is 0 Å². The standard InChI is InChI=1S/C8H18NP/c1-8(2,3)9-5-4-7(10)6-9/h7H,4-6,10H2,1-3H3/t7-/m1/s1. The van der Waals surface area contributed by atoms with Gasteiger partial charge in [0, 0.05) is 12.1 Å². The largest absolute Gasteiger partial charge is 0.298 e. The van der Waals surface area contributed by atoms with Crippen molar-refractivity contribution >= 4 is 9.24 Å². The van der Waals surface area contributed by atoms with Gasteiger partial charge in [0.15, 0.2) is 0 Å². The highest BCUT2D eigenvalue weighted by molar-refractivity contribution is 7.17. The van der Waals surface area contributed by atoms with Gasteiger partial charge in [-0.2, -0.15) is 0 Å². The van der Waals surface area contributed by atoms with E-state index >= 15 is 0 Å². The molecule has 1 aliphatic heterocycles. The van der Waals surface area contributed by atoms with E-state index in [0.29, 0.717) is 5.54 Å². The molecule has 0 N–H and O–H groups in total. The Morgan fingerprint density at radius 1 is 1.40 bits per heavy atom. The normalized spacial score (nSPS) is 29.4. The summed E-state index contributed by atoms with van der Waals surface area (Å²) < 4.78 is 0. The van der Waals surface area contributed by atoms with Gasteiger partial charge in [0.25, 0.3) is 0 Å². The zero-order valence-electron chi connectivity index (χ0n) is 7.22. The summed E-state index contributed by atoms with van der Waals surface area (Å²) >= 11 is 0. The van der Waals surface area contributed by atoms with Crippen LogP contribution in [-0.2, 0) is 0 Å². The van der Waals surface area contributed by atoms with Crippen LogP contribution in [0.5, 0.6) is 0 Å². The van der Waals surface area contributed by atoms with Crippen molar-refractivity contribution in [2.45, 2.75) is 38.4 Å². The molecule has 0 bridgehead atoms. The Balaban J connectivity index is 2.45. The fourth-order valence-corrected chi connectivity index (χ4v) is 1.80. The molecule has 0 amide bonds. The van der Waals surface area contributed by atoms with E-state index in [-0.39, 0.29) is 0 Å². The number of hydrogen-bond donors (Lipinski definition) is 0. The van der Waals surface area contributed by atoms with Crippen molar-refractivity contribution in [1.82, 2.24) is 4.90 Å². The van der Waals surface area contributed by atoms with Crippen LogP contribution in [0.1, 0.15) is 27.2 Å². The van der Waals surface area contributed by atoms with Crippen molar-refractivity contribution < 1.29 is 0 Å². The van der Waals surface area contributed by atoms with Gasteiger partial charge in [0.2, 0.25) is 0 Å². The third-order valence-electron chi connectivity index (χ3n) is 2.17. The molecule has 0 aromatic carbocycles. The minimum Gasteiger partial charge on any atom is -0.298 e. The second-order valence-corrected chi connectivity index (χ2v) is 5.11. The Hall–Kier alpha value is 0.390. The molecule has 0 saturated carbocycles. The van der Waals surface area contributed by atoms with Gasteiger partial charge in [-0.05, 0) is 39.4 Å². The van der Waals surface area contributed by atoms with Gasteiger partial charge in [0.05, 0.1) is 0 Å². The molecule has 0 aromatic rings. The molecule has 0 aromatic heterocycles. The maximum atomic E-state index is 2.91. The molecule has 1 saturated heterocycles. The molecule has 1 heterocycles. The number of likely N-dealkylation sites (tertiary alicyclic amines) is 1. The maximum Gasteiger partial charge on any atom is 0.0125 e. The quantitative estimate of drug-likeness (QED) is 0.486. The van der Waals surface area contributed by atoms with E-state index in [1.807, 2.05) is 0 Å². The maximum absolute atomic E-state index is 2.91. The van der Waals surface area contributed by atoms with Gasteiger partial charge in [-0.3, -0.25) is 4.90 Å². The Bertz CT molecular complexity index is 117. The molecule has 0 aliphatic carbocycles. The third-order valence-corrected chi connectivity index (χ3v) is 2.72. The van der Waals surface area contributed by atoms with Crippen molar-refractivity contribution in [2.75, 3.05) is 13.1 Å². The van der Waals surface area contributed by atoms with E-state index < -0.39 is 0 Å². The van der Waals surface area contributed by atoms with Crippen LogP contribution in [0.3, 0.4) is 0 Å². The Kier molecular flexibility index (Phi) is 2.37. The van der Waals surface area contributed by atoms with Gasteiger partial charge in [0.1, 0.15) is 0 Å². The molecule has 60 valence electrons. The smallest absolute Gasteiger partial charge is 0.0125 e.